The summed E-state index contributed by atoms with van der Waals surface area (Å²) in [6.07, 6.45) is 2.69. The fourth-order valence-electron chi connectivity index (χ4n) is 2.80. The van der Waals surface area contributed by atoms with E-state index in [4.69, 9.17) is 10.5 Å². The van der Waals surface area contributed by atoms with E-state index in [0.717, 1.165) is 39.0 Å². The summed E-state index contributed by atoms with van der Waals surface area (Å²) in [6, 6.07) is 0. The fourth-order valence-corrected chi connectivity index (χ4v) is 2.80. The van der Waals surface area contributed by atoms with Gasteiger partial charge in [-0.1, -0.05) is 6.92 Å². The first-order chi connectivity index (χ1) is 8.72. The molecule has 0 radical (unpaired) electrons. The van der Waals surface area contributed by atoms with Crippen molar-refractivity contribution in [3.8, 4) is 0 Å². The van der Waals surface area contributed by atoms with Crippen molar-refractivity contribution >= 4 is 5.91 Å². The van der Waals surface area contributed by atoms with Gasteiger partial charge in [-0.3, -0.25) is 4.79 Å². The predicted molar refractivity (Wildman–Crippen MR) is 70.2 cm³/mol. The van der Waals surface area contributed by atoms with E-state index in [0.29, 0.717) is 12.5 Å². The second kappa shape index (κ2) is 6.50. The van der Waals surface area contributed by atoms with Gasteiger partial charge < -0.3 is 20.7 Å². The predicted octanol–water partition coefficient (Wildman–Crippen LogP) is -0.0493. The molecule has 2 fully saturated rings. The fraction of sp³-hybridized carbons (Fsp3) is 0.923. The van der Waals surface area contributed by atoms with Gasteiger partial charge in [0.05, 0.1) is 6.10 Å². The van der Waals surface area contributed by atoms with E-state index in [2.05, 4.69) is 17.1 Å². The van der Waals surface area contributed by atoms with Crippen LogP contribution in [0, 0.1) is 5.92 Å². The van der Waals surface area contributed by atoms with Crippen molar-refractivity contribution in [3.63, 3.8) is 0 Å². The average Bonchev–Trinajstić information content (AvgIpc) is 3.04. The zero-order chi connectivity index (χ0) is 13.0. The molecule has 0 aromatic heterocycles. The van der Waals surface area contributed by atoms with Gasteiger partial charge in [0.25, 0.3) is 0 Å². The number of rotatable bonds is 5. The third kappa shape index (κ3) is 3.43. The van der Waals surface area contributed by atoms with Crippen molar-refractivity contribution in [2.75, 3.05) is 32.7 Å². The van der Waals surface area contributed by atoms with Crippen molar-refractivity contribution in [2.24, 2.45) is 11.7 Å². The summed E-state index contributed by atoms with van der Waals surface area (Å²) in [5.74, 6) is 0.640. The summed E-state index contributed by atoms with van der Waals surface area (Å²) in [4.78, 5) is 14.3. The van der Waals surface area contributed by atoms with Crippen molar-refractivity contribution in [1.29, 1.82) is 0 Å². The van der Waals surface area contributed by atoms with E-state index in [1.165, 1.54) is 6.42 Å². The first-order valence-corrected chi connectivity index (χ1v) is 7.08. The number of amides is 1. The zero-order valence-corrected chi connectivity index (χ0v) is 11.2. The van der Waals surface area contributed by atoms with E-state index in [-0.39, 0.29) is 18.1 Å². The SMILES string of the molecule is CCN1CCC(CNC(=O)[C@@H]2CC[C@H](CN)O2)C1. The Morgan fingerprint density at radius 1 is 1.44 bits per heavy atom. The van der Waals surface area contributed by atoms with Crippen LogP contribution in [-0.4, -0.2) is 55.7 Å². The molecule has 3 N–H and O–H groups in total. The van der Waals surface area contributed by atoms with Gasteiger partial charge in [0.15, 0.2) is 0 Å². The standard InChI is InChI=1S/C13H25N3O2/c1-2-16-6-5-10(9-16)8-15-13(17)12-4-3-11(7-14)18-12/h10-12H,2-9,14H2,1H3,(H,15,17)/t10?,11-,12+/m1/s1. The molecular weight excluding hydrogens is 230 g/mol. The van der Waals surface area contributed by atoms with Crippen molar-refractivity contribution in [1.82, 2.24) is 10.2 Å². The Morgan fingerprint density at radius 3 is 2.89 bits per heavy atom. The number of nitrogens with one attached hydrogen (secondary N) is 1. The highest BCUT2D eigenvalue weighted by molar-refractivity contribution is 5.81. The van der Waals surface area contributed by atoms with Gasteiger partial charge in [0.2, 0.25) is 5.91 Å². The summed E-state index contributed by atoms with van der Waals surface area (Å²) in [5, 5.41) is 3.02. The van der Waals surface area contributed by atoms with E-state index < -0.39 is 0 Å². The number of nitrogens with zero attached hydrogens (tertiary/aromatic N) is 1. The minimum atomic E-state index is -0.276. The molecule has 0 aliphatic carbocycles. The molecule has 2 rings (SSSR count). The summed E-state index contributed by atoms with van der Waals surface area (Å²) in [7, 11) is 0. The van der Waals surface area contributed by atoms with Crippen molar-refractivity contribution in [2.45, 2.75) is 38.4 Å². The van der Waals surface area contributed by atoms with Crippen LogP contribution in [0.15, 0.2) is 0 Å². The minimum Gasteiger partial charge on any atom is -0.364 e. The second-order valence-electron chi connectivity index (χ2n) is 5.35. The molecule has 2 aliphatic heterocycles. The van der Waals surface area contributed by atoms with Crippen molar-refractivity contribution < 1.29 is 9.53 Å². The topological polar surface area (TPSA) is 67.6 Å². The number of hydrogen-bond donors (Lipinski definition) is 2. The van der Waals surface area contributed by atoms with Crippen LogP contribution < -0.4 is 11.1 Å². The molecule has 0 aromatic carbocycles. The van der Waals surface area contributed by atoms with Gasteiger partial charge in [-0.15, -0.1) is 0 Å². The van der Waals surface area contributed by atoms with Gasteiger partial charge >= 0.3 is 0 Å². The number of ether oxygens (including phenoxy) is 1. The molecule has 2 aliphatic rings. The van der Waals surface area contributed by atoms with E-state index >= 15 is 0 Å². The monoisotopic (exact) mass is 255 g/mol. The molecule has 2 saturated heterocycles. The Morgan fingerprint density at radius 2 is 2.28 bits per heavy atom. The number of nitrogens with two attached hydrogens (primary N) is 1. The average molecular weight is 255 g/mol. The smallest absolute Gasteiger partial charge is 0.249 e. The molecule has 3 atom stereocenters. The molecule has 5 nitrogen and oxygen atoms in total. The number of carbonyl (C=O) groups is 1. The van der Waals surface area contributed by atoms with Gasteiger partial charge in [-0.2, -0.15) is 0 Å². The number of hydrogen-bond acceptors (Lipinski definition) is 4. The Kier molecular flexibility index (Phi) is 4.97. The van der Waals surface area contributed by atoms with Crippen LogP contribution in [0.4, 0.5) is 0 Å². The maximum absolute atomic E-state index is 11.9. The normalized spacial score (nSPS) is 32.9. The molecule has 0 bridgehead atoms. The van der Waals surface area contributed by atoms with Gasteiger partial charge in [0, 0.05) is 19.6 Å². The third-order valence-electron chi connectivity index (χ3n) is 4.05. The number of likely N-dealkylation sites (tertiary alicyclic amines) is 1. The molecule has 1 unspecified atom stereocenters. The third-order valence-corrected chi connectivity index (χ3v) is 4.05. The van der Waals surface area contributed by atoms with E-state index in [1.807, 2.05) is 0 Å². The lowest BCUT2D eigenvalue weighted by atomic mass is 10.1. The Bertz CT molecular complexity index is 285. The Balaban J connectivity index is 1.66. The highest BCUT2D eigenvalue weighted by Crippen LogP contribution is 2.19. The zero-order valence-electron chi connectivity index (χ0n) is 11.2. The molecule has 0 spiro atoms. The Hall–Kier alpha value is -0.650. The molecule has 2 heterocycles. The van der Waals surface area contributed by atoms with Gasteiger partial charge in [-0.25, -0.2) is 0 Å². The lowest BCUT2D eigenvalue weighted by Crippen LogP contribution is -2.38. The first kappa shape index (κ1) is 13.8. The van der Waals surface area contributed by atoms with Crippen LogP contribution in [0.25, 0.3) is 0 Å². The van der Waals surface area contributed by atoms with Crippen LogP contribution in [0.2, 0.25) is 0 Å². The molecule has 5 heteroatoms. The van der Waals surface area contributed by atoms with Crippen LogP contribution in [0.5, 0.6) is 0 Å². The van der Waals surface area contributed by atoms with E-state index in [9.17, 15) is 4.79 Å². The lowest BCUT2D eigenvalue weighted by Gasteiger charge is -2.16. The largest absolute Gasteiger partial charge is 0.364 e. The van der Waals surface area contributed by atoms with Crippen LogP contribution >= 0.6 is 0 Å². The van der Waals surface area contributed by atoms with Crippen LogP contribution in [0.1, 0.15) is 26.2 Å². The highest BCUT2D eigenvalue weighted by atomic mass is 16.5. The summed E-state index contributed by atoms with van der Waals surface area (Å²) < 4.78 is 5.58. The maximum atomic E-state index is 11.9. The molecule has 0 aromatic rings. The first-order valence-electron chi connectivity index (χ1n) is 7.08. The highest BCUT2D eigenvalue weighted by Gasteiger charge is 2.30. The van der Waals surface area contributed by atoms with Crippen LogP contribution in [-0.2, 0) is 9.53 Å². The molecule has 18 heavy (non-hydrogen) atoms. The van der Waals surface area contributed by atoms with Gasteiger partial charge in [-0.05, 0) is 38.3 Å². The van der Waals surface area contributed by atoms with Crippen LogP contribution in [0.3, 0.4) is 0 Å². The maximum Gasteiger partial charge on any atom is 0.249 e. The minimum absolute atomic E-state index is 0.0425. The molecule has 1 amide bonds. The summed E-state index contributed by atoms with van der Waals surface area (Å²) in [6.45, 7) is 6.84. The summed E-state index contributed by atoms with van der Waals surface area (Å²) >= 11 is 0. The summed E-state index contributed by atoms with van der Waals surface area (Å²) in [5.41, 5.74) is 5.54. The second-order valence-corrected chi connectivity index (χ2v) is 5.35. The number of carbonyl (C=O) groups excluding carboxylic acids is 1. The lowest BCUT2D eigenvalue weighted by molar-refractivity contribution is -0.132. The molecular formula is C13H25N3O2. The van der Waals surface area contributed by atoms with Crippen molar-refractivity contribution in [3.05, 3.63) is 0 Å². The molecule has 104 valence electrons. The van der Waals surface area contributed by atoms with E-state index in [1.54, 1.807) is 0 Å². The van der Waals surface area contributed by atoms with Gasteiger partial charge in [0.1, 0.15) is 6.10 Å². The quantitative estimate of drug-likeness (QED) is 0.723. The molecule has 0 saturated carbocycles. The Labute approximate surface area is 109 Å².